The zero-order chi connectivity index (χ0) is 78.5. The molecular formula is C88H172O17P2. The lowest BCUT2D eigenvalue weighted by Crippen LogP contribution is -2.30. The molecule has 0 spiro atoms. The summed E-state index contributed by atoms with van der Waals surface area (Å²) < 4.78 is 69.0. The second-order valence-corrected chi connectivity index (χ2v) is 35.5. The maximum Gasteiger partial charge on any atom is 0.472 e. The zero-order valence-corrected chi connectivity index (χ0v) is 72.2. The Hall–Kier alpha value is -1.94. The van der Waals surface area contributed by atoms with Gasteiger partial charge in [0, 0.05) is 25.7 Å². The van der Waals surface area contributed by atoms with Gasteiger partial charge in [-0.25, -0.2) is 9.13 Å². The van der Waals surface area contributed by atoms with E-state index in [9.17, 15) is 43.2 Å². The minimum Gasteiger partial charge on any atom is -0.462 e. The van der Waals surface area contributed by atoms with Crippen molar-refractivity contribution < 1.29 is 80.2 Å². The van der Waals surface area contributed by atoms with Gasteiger partial charge in [0.05, 0.1) is 26.4 Å². The van der Waals surface area contributed by atoms with Crippen molar-refractivity contribution in [2.45, 2.75) is 490 Å². The molecule has 0 bridgehead atoms. The highest BCUT2D eigenvalue weighted by atomic mass is 31.2. The molecule has 0 amide bonds. The topological polar surface area (TPSA) is 237 Å². The standard InChI is InChI=1S/C88H172O17P2/c1-7-9-11-13-15-17-19-21-23-24-25-26-27-28-34-38-42-48-55-61-67-73-88(93)104-83(76-98-85(90)70-64-58-52-46-40-36-33-30-29-32-35-39-44-50-56-62-68-80(3)4)78-102-106(94,95)100-74-82(89)75-101-107(96,97)103-79-84(77-99-86(91)71-65-59-53-49-43-45-51-57-63-69-81(5)6)105-87(92)72-66-60-54-47-41-37-31-22-20-18-16-14-12-10-8-2/h80-84,89H,7-79H2,1-6H3,(H,94,95)(H,96,97)/t82-,83-,84-/m1/s1. The number of carbonyl (C=O) groups is 4. The summed E-state index contributed by atoms with van der Waals surface area (Å²) in [4.78, 5) is 73.3. The third-order valence-electron chi connectivity index (χ3n) is 20.7. The van der Waals surface area contributed by atoms with E-state index in [4.69, 9.17) is 37.0 Å². The summed E-state index contributed by atoms with van der Waals surface area (Å²) in [5, 5.41) is 10.7. The molecular weight excluding hydrogens is 1390 g/mol. The van der Waals surface area contributed by atoms with Gasteiger partial charge in [0.1, 0.15) is 19.3 Å². The van der Waals surface area contributed by atoms with Crippen molar-refractivity contribution in [1.82, 2.24) is 0 Å². The fourth-order valence-corrected chi connectivity index (χ4v) is 15.4. The number of phosphoric acid groups is 2. The van der Waals surface area contributed by atoms with Crippen LogP contribution in [-0.2, 0) is 65.4 Å². The first kappa shape index (κ1) is 105. The molecule has 0 aliphatic heterocycles. The van der Waals surface area contributed by atoms with Crippen LogP contribution in [0.1, 0.15) is 472 Å². The van der Waals surface area contributed by atoms with Crippen molar-refractivity contribution in [2.75, 3.05) is 39.6 Å². The molecule has 17 nitrogen and oxygen atoms in total. The fraction of sp³-hybridized carbons (Fsp3) is 0.955. The highest BCUT2D eigenvalue weighted by Gasteiger charge is 2.30. The fourth-order valence-electron chi connectivity index (χ4n) is 13.8. The molecule has 0 aromatic rings. The van der Waals surface area contributed by atoms with E-state index >= 15 is 0 Å². The first-order chi connectivity index (χ1) is 51.9. The van der Waals surface area contributed by atoms with Crippen molar-refractivity contribution in [3.63, 3.8) is 0 Å². The summed E-state index contributed by atoms with van der Waals surface area (Å²) in [6.45, 7) is 9.70. The zero-order valence-electron chi connectivity index (χ0n) is 70.5. The summed E-state index contributed by atoms with van der Waals surface area (Å²) in [5.41, 5.74) is 0. The summed E-state index contributed by atoms with van der Waals surface area (Å²) >= 11 is 0. The van der Waals surface area contributed by atoms with Gasteiger partial charge in [-0.2, -0.15) is 0 Å². The minimum atomic E-state index is -4.97. The molecule has 0 aliphatic rings. The number of esters is 4. The third-order valence-corrected chi connectivity index (χ3v) is 22.6. The van der Waals surface area contributed by atoms with Crippen LogP contribution in [0.3, 0.4) is 0 Å². The molecule has 0 saturated heterocycles. The van der Waals surface area contributed by atoms with E-state index in [2.05, 4.69) is 41.5 Å². The van der Waals surface area contributed by atoms with Crippen molar-refractivity contribution in [1.29, 1.82) is 0 Å². The number of rotatable bonds is 87. The Morgan fingerprint density at radius 3 is 0.636 bits per heavy atom. The van der Waals surface area contributed by atoms with Crippen molar-refractivity contribution in [2.24, 2.45) is 11.8 Å². The summed E-state index contributed by atoms with van der Waals surface area (Å²) in [5.74, 6) is -0.542. The highest BCUT2D eigenvalue weighted by Crippen LogP contribution is 2.45. The average Bonchev–Trinajstić information content (AvgIpc) is 0.917. The van der Waals surface area contributed by atoms with Crippen molar-refractivity contribution >= 4 is 39.5 Å². The first-order valence-corrected chi connectivity index (χ1v) is 48.5. The molecule has 3 N–H and O–H groups in total. The van der Waals surface area contributed by atoms with Crippen LogP contribution in [0.4, 0.5) is 0 Å². The molecule has 0 aromatic carbocycles. The van der Waals surface area contributed by atoms with E-state index in [0.717, 1.165) is 102 Å². The summed E-state index contributed by atoms with van der Waals surface area (Å²) in [6.07, 6.45) is 72.2. The molecule has 5 atom stereocenters. The van der Waals surface area contributed by atoms with Crippen LogP contribution < -0.4 is 0 Å². The van der Waals surface area contributed by atoms with Crippen LogP contribution in [0.2, 0.25) is 0 Å². The number of hydrogen-bond acceptors (Lipinski definition) is 15. The Bertz CT molecular complexity index is 2050. The first-order valence-electron chi connectivity index (χ1n) is 45.5. The second kappa shape index (κ2) is 79.3. The highest BCUT2D eigenvalue weighted by molar-refractivity contribution is 7.47. The lowest BCUT2D eigenvalue weighted by Gasteiger charge is -2.21. The van der Waals surface area contributed by atoms with Gasteiger partial charge in [-0.15, -0.1) is 0 Å². The Balaban J connectivity index is 5.24. The molecule has 0 saturated carbocycles. The van der Waals surface area contributed by atoms with Crippen molar-refractivity contribution in [3.8, 4) is 0 Å². The van der Waals surface area contributed by atoms with E-state index in [0.29, 0.717) is 25.7 Å². The Morgan fingerprint density at radius 1 is 0.252 bits per heavy atom. The van der Waals surface area contributed by atoms with Gasteiger partial charge in [0.15, 0.2) is 12.2 Å². The lowest BCUT2D eigenvalue weighted by atomic mass is 10.0. The molecule has 0 fully saturated rings. The normalized spacial score (nSPS) is 13.8. The van der Waals surface area contributed by atoms with Crippen LogP contribution in [0.25, 0.3) is 0 Å². The van der Waals surface area contributed by atoms with Crippen LogP contribution in [0, 0.1) is 11.8 Å². The number of aliphatic hydroxyl groups excluding tert-OH is 1. The molecule has 107 heavy (non-hydrogen) atoms. The molecule has 636 valence electrons. The van der Waals surface area contributed by atoms with Crippen LogP contribution in [0.15, 0.2) is 0 Å². The molecule has 0 aliphatic carbocycles. The predicted molar refractivity (Wildman–Crippen MR) is 442 cm³/mol. The van der Waals surface area contributed by atoms with E-state index in [1.807, 2.05) is 0 Å². The number of ether oxygens (including phenoxy) is 4. The number of phosphoric ester groups is 2. The maximum absolute atomic E-state index is 13.2. The molecule has 0 heterocycles. The van der Waals surface area contributed by atoms with Gasteiger partial charge in [-0.1, -0.05) is 420 Å². The number of carbonyl (C=O) groups excluding carboxylic acids is 4. The Morgan fingerprint density at radius 2 is 0.430 bits per heavy atom. The largest absolute Gasteiger partial charge is 0.472 e. The minimum absolute atomic E-state index is 0.108. The van der Waals surface area contributed by atoms with Gasteiger partial charge < -0.3 is 33.8 Å². The quantitative estimate of drug-likeness (QED) is 0.0222. The van der Waals surface area contributed by atoms with Crippen LogP contribution in [0.5, 0.6) is 0 Å². The maximum atomic E-state index is 13.2. The predicted octanol–water partition coefficient (Wildman–Crippen LogP) is 27.0. The second-order valence-electron chi connectivity index (χ2n) is 32.6. The smallest absolute Gasteiger partial charge is 0.462 e. The SMILES string of the molecule is CCCCCCCCCCCCCCCCCCCCCCCC(=O)O[C@H](COC(=O)CCCCCCCCCCCCCCCCCCC(C)C)COP(=O)(O)OC[C@@H](O)COP(=O)(O)OC[C@@H](COC(=O)CCCCCCCCCCCC(C)C)OC(=O)CCCCCCCCCCCCCCCCC. The van der Waals surface area contributed by atoms with Gasteiger partial charge in [-0.3, -0.25) is 37.3 Å². The molecule has 2 unspecified atom stereocenters. The number of aliphatic hydroxyl groups is 1. The van der Waals surface area contributed by atoms with E-state index in [1.165, 1.54) is 289 Å². The van der Waals surface area contributed by atoms with E-state index in [1.54, 1.807) is 0 Å². The molecule has 0 radical (unpaired) electrons. The Labute approximate surface area is 658 Å². The van der Waals surface area contributed by atoms with Gasteiger partial charge >= 0.3 is 39.5 Å². The van der Waals surface area contributed by atoms with Crippen LogP contribution >= 0.6 is 15.6 Å². The summed E-state index contributed by atoms with van der Waals surface area (Å²) in [7, 11) is -9.93. The molecule has 0 aromatic heterocycles. The lowest BCUT2D eigenvalue weighted by molar-refractivity contribution is -0.161. The van der Waals surface area contributed by atoms with Crippen LogP contribution in [-0.4, -0.2) is 96.7 Å². The molecule has 19 heteroatoms. The van der Waals surface area contributed by atoms with Gasteiger partial charge in [0.2, 0.25) is 0 Å². The number of unbranched alkanes of at least 4 members (excludes halogenated alkanes) is 57. The van der Waals surface area contributed by atoms with E-state index < -0.39 is 97.5 Å². The van der Waals surface area contributed by atoms with Gasteiger partial charge in [0.25, 0.3) is 0 Å². The third kappa shape index (κ3) is 81.9. The molecule has 0 rings (SSSR count). The number of hydrogen-bond donors (Lipinski definition) is 3. The Kier molecular flexibility index (Phi) is 77.9. The van der Waals surface area contributed by atoms with E-state index in [-0.39, 0.29) is 25.7 Å². The van der Waals surface area contributed by atoms with Crippen molar-refractivity contribution in [3.05, 3.63) is 0 Å². The average molecular weight is 1560 g/mol. The van der Waals surface area contributed by atoms with Gasteiger partial charge in [-0.05, 0) is 37.5 Å². The monoisotopic (exact) mass is 1560 g/mol. The summed E-state index contributed by atoms with van der Waals surface area (Å²) in [6, 6.07) is 0.